The minimum Gasteiger partial charge on any atom is -0.495 e. The second-order valence-electron chi connectivity index (χ2n) is 4.01. The summed E-state index contributed by atoms with van der Waals surface area (Å²) in [5.41, 5.74) is 0.479. The molecule has 0 aliphatic rings. The SMILES string of the molecule is COc1c(C(=O)c2ccccc2)cccc1S(=O)(=O)O. The first-order chi connectivity index (χ1) is 9.45. The number of ether oxygens (including phenoxy) is 1. The Morgan fingerprint density at radius 1 is 1.05 bits per heavy atom. The maximum atomic E-state index is 12.3. The summed E-state index contributed by atoms with van der Waals surface area (Å²) in [6.45, 7) is 0. The Hall–Kier alpha value is -2.18. The van der Waals surface area contributed by atoms with Crippen LogP contribution < -0.4 is 4.74 Å². The summed E-state index contributed by atoms with van der Waals surface area (Å²) in [7, 11) is -3.22. The zero-order valence-electron chi connectivity index (χ0n) is 10.6. The van der Waals surface area contributed by atoms with Crippen LogP contribution in [-0.4, -0.2) is 25.9 Å². The number of carbonyl (C=O) groups excluding carboxylic acids is 1. The number of ketones is 1. The lowest BCUT2D eigenvalue weighted by Gasteiger charge is -2.11. The number of para-hydroxylation sites is 1. The van der Waals surface area contributed by atoms with Gasteiger partial charge in [0.1, 0.15) is 4.90 Å². The summed E-state index contributed by atoms with van der Waals surface area (Å²) in [5, 5.41) is 0. The predicted octanol–water partition coefficient (Wildman–Crippen LogP) is 2.17. The lowest BCUT2D eigenvalue weighted by atomic mass is 10.0. The van der Waals surface area contributed by atoms with Gasteiger partial charge in [-0.1, -0.05) is 36.4 Å². The highest BCUT2D eigenvalue weighted by molar-refractivity contribution is 7.86. The Kier molecular flexibility index (Phi) is 3.87. The molecule has 0 fully saturated rings. The van der Waals surface area contributed by atoms with E-state index in [4.69, 9.17) is 9.29 Å². The van der Waals surface area contributed by atoms with Crippen LogP contribution in [0, 0.1) is 0 Å². The zero-order valence-corrected chi connectivity index (χ0v) is 11.4. The van der Waals surface area contributed by atoms with Crippen LogP contribution in [0.2, 0.25) is 0 Å². The molecule has 0 saturated heterocycles. The third kappa shape index (κ3) is 2.71. The lowest BCUT2D eigenvalue weighted by Crippen LogP contribution is -2.08. The van der Waals surface area contributed by atoms with E-state index in [0.29, 0.717) is 5.56 Å². The molecule has 0 heterocycles. The second kappa shape index (κ2) is 5.44. The van der Waals surface area contributed by atoms with Gasteiger partial charge in [0.2, 0.25) is 0 Å². The van der Waals surface area contributed by atoms with E-state index in [1.165, 1.54) is 25.3 Å². The van der Waals surface area contributed by atoms with Gasteiger partial charge in [0, 0.05) is 5.56 Å². The summed E-state index contributed by atoms with van der Waals surface area (Å²) >= 11 is 0. The fraction of sp³-hybridized carbons (Fsp3) is 0.0714. The predicted molar refractivity (Wildman–Crippen MR) is 72.7 cm³/mol. The van der Waals surface area contributed by atoms with Gasteiger partial charge in [-0.25, -0.2) is 0 Å². The lowest BCUT2D eigenvalue weighted by molar-refractivity contribution is 0.103. The van der Waals surface area contributed by atoms with Gasteiger partial charge in [0.25, 0.3) is 10.1 Å². The summed E-state index contributed by atoms with van der Waals surface area (Å²) in [6, 6.07) is 12.4. The van der Waals surface area contributed by atoms with Gasteiger partial charge in [-0.3, -0.25) is 9.35 Å². The van der Waals surface area contributed by atoms with Crippen LogP contribution in [-0.2, 0) is 10.1 Å². The number of rotatable bonds is 4. The van der Waals surface area contributed by atoms with Crippen LogP contribution in [0.5, 0.6) is 5.75 Å². The van der Waals surface area contributed by atoms with E-state index < -0.39 is 15.0 Å². The van der Waals surface area contributed by atoms with E-state index in [9.17, 15) is 13.2 Å². The summed E-state index contributed by atoms with van der Waals surface area (Å²) < 4.78 is 36.7. The molecule has 0 aliphatic carbocycles. The quantitative estimate of drug-likeness (QED) is 0.690. The molecule has 2 aromatic carbocycles. The van der Waals surface area contributed by atoms with Crippen LogP contribution in [0.25, 0.3) is 0 Å². The Morgan fingerprint density at radius 3 is 2.25 bits per heavy atom. The number of methoxy groups -OCH3 is 1. The fourth-order valence-electron chi connectivity index (χ4n) is 1.85. The van der Waals surface area contributed by atoms with Gasteiger partial charge in [0.15, 0.2) is 11.5 Å². The topological polar surface area (TPSA) is 80.7 Å². The van der Waals surface area contributed by atoms with E-state index in [-0.39, 0.29) is 17.1 Å². The van der Waals surface area contributed by atoms with Crippen LogP contribution in [0.4, 0.5) is 0 Å². The zero-order chi connectivity index (χ0) is 14.8. The molecule has 104 valence electrons. The Labute approximate surface area is 116 Å². The number of benzene rings is 2. The van der Waals surface area contributed by atoms with Crippen molar-refractivity contribution in [3.8, 4) is 5.75 Å². The molecular formula is C14H12O5S. The van der Waals surface area contributed by atoms with Gasteiger partial charge >= 0.3 is 0 Å². The molecular weight excluding hydrogens is 280 g/mol. The number of carbonyl (C=O) groups is 1. The van der Waals surface area contributed by atoms with Crippen molar-refractivity contribution in [2.45, 2.75) is 4.90 Å². The molecule has 0 bridgehead atoms. The summed E-state index contributed by atoms with van der Waals surface area (Å²) in [4.78, 5) is 11.9. The van der Waals surface area contributed by atoms with Crippen molar-refractivity contribution < 1.29 is 22.5 Å². The summed E-state index contributed by atoms with van der Waals surface area (Å²) in [5.74, 6) is -0.545. The smallest absolute Gasteiger partial charge is 0.298 e. The summed E-state index contributed by atoms with van der Waals surface area (Å²) in [6.07, 6.45) is 0. The molecule has 2 aromatic rings. The molecule has 6 heteroatoms. The van der Waals surface area contributed by atoms with Crippen molar-refractivity contribution >= 4 is 15.9 Å². The normalized spacial score (nSPS) is 11.1. The third-order valence-corrected chi connectivity index (χ3v) is 3.62. The maximum Gasteiger partial charge on any atom is 0.298 e. The Bertz CT molecular complexity index is 735. The molecule has 0 spiro atoms. The molecule has 5 nitrogen and oxygen atoms in total. The first kappa shape index (κ1) is 14.2. The van der Waals surface area contributed by atoms with Gasteiger partial charge in [0.05, 0.1) is 12.7 Å². The minimum atomic E-state index is -4.46. The molecule has 0 saturated carbocycles. The average molecular weight is 292 g/mol. The van der Waals surface area contributed by atoms with E-state index in [2.05, 4.69) is 0 Å². The van der Waals surface area contributed by atoms with Crippen LogP contribution in [0.3, 0.4) is 0 Å². The molecule has 0 atom stereocenters. The Morgan fingerprint density at radius 2 is 1.70 bits per heavy atom. The van der Waals surface area contributed by atoms with Gasteiger partial charge < -0.3 is 4.74 Å². The molecule has 0 aromatic heterocycles. The van der Waals surface area contributed by atoms with Crippen molar-refractivity contribution in [1.29, 1.82) is 0 Å². The molecule has 0 amide bonds. The van der Waals surface area contributed by atoms with Crippen molar-refractivity contribution in [1.82, 2.24) is 0 Å². The van der Waals surface area contributed by atoms with Gasteiger partial charge in [-0.2, -0.15) is 8.42 Å². The van der Waals surface area contributed by atoms with Gasteiger partial charge in [-0.15, -0.1) is 0 Å². The largest absolute Gasteiger partial charge is 0.495 e. The fourth-order valence-corrected chi connectivity index (χ4v) is 2.53. The van der Waals surface area contributed by atoms with E-state index in [1.807, 2.05) is 0 Å². The van der Waals surface area contributed by atoms with Crippen molar-refractivity contribution in [2.24, 2.45) is 0 Å². The van der Waals surface area contributed by atoms with E-state index in [1.54, 1.807) is 30.3 Å². The maximum absolute atomic E-state index is 12.3. The molecule has 0 unspecified atom stereocenters. The first-order valence-corrected chi connectivity index (χ1v) is 7.13. The average Bonchev–Trinajstić information content (AvgIpc) is 2.45. The highest BCUT2D eigenvalue weighted by atomic mass is 32.2. The Balaban J connectivity index is 2.62. The number of hydrogen-bond donors (Lipinski definition) is 1. The van der Waals surface area contributed by atoms with Crippen LogP contribution >= 0.6 is 0 Å². The molecule has 1 N–H and O–H groups in total. The first-order valence-electron chi connectivity index (χ1n) is 5.69. The molecule has 2 rings (SSSR count). The van der Waals surface area contributed by atoms with Crippen LogP contribution in [0.1, 0.15) is 15.9 Å². The van der Waals surface area contributed by atoms with Crippen molar-refractivity contribution in [3.05, 3.63) is 59.7 Å². The third-order valence-electron chi connectivity index (χ3n) is 2.74. The molecule has 0 radical (unpaired) electrons. The monoisotopic (exact) mass is 292 g/mol. The van der Waals surface area contributed by atoms with Crippen molar-refractivity contribution in [3.63, 3.8) is 0 Å². The van der Waals surface area contributed by atoms with Gasteiger partial charge in [-0.05, 0) is 12.1 Å². The minimum absolute atomic E-state index is 0.0776. The second-order valence-corrected chi connectivity index (χ2v) is 5.40. The highest BCUT2D eigenvalue weighted by Gasteiger charge is 2.23. The molecule has 0 aliphatic heterocycles. The van der Waals surface area contributed by atoms with Crippen LogP contribution in [0.15, 0.2) is 53.4 Å². The van der Waals surface area contributed by atoms with E-state index >= 15 is 0 Å². The molecule has 20 heavy (non-hydrogen) atoms. The van der Waals surface area contributed by atoms with Crippen molar-refractivity contribution in [2.75, 3.05) is 7.11 Å². The number of hydrogen-bond acceptors (Lipinski definition) is 4. The van der Waals surface area contributed by atoms with E-state index in [0.717, 1.165) is 0 Å². The highest BCUT2D eigenvalue weighted by Crippen LogP contribution is 2.29. The standard InChI is InChI=1S/C14H12O5S/c1-19-14-11(8-5-9-12(14)20(16,17)18)13(15)10-6-3-2-4-7-10/h2-9H,1H3,(H,16,17,18).